The number of carbonyl (C=O) groups excluding carboxylic acids is 1. The zero-order chi connectivity index (χ0) is 11.7. The van der Waals surface area contributed by atoms with Crippen molar-refractivity contribution in [2.45, 2.75) is 25.3 Å². The Morgan fingerprint density at radius 2 is 2.19 bits per heavy atom. The molecule has 2 rings (SSSR count). The van der Waals surface area contributed by atoms with Crippen LogP contribution in [0.5, 0.6) is 0 Å². The Bertz CT molecular complexity index is 415. The van der Waals surface area contributed by atoms with Crippen molar-refractivity contribution in [2.75, 3.05) is 12.8 Å². The van der Waals surface area contributed by atoms with Gasteiger partial charge in [-0.15, -0.1) is 0 Å². The van der Waals surface area contributed by atoms with Gasteiger partial charge in [-0.3, -0.25) is 4.79 Å². The van der Waals surface area contributed by atoms with Crippen molar-refractivity contribution in [1.82, 2.24) is 4.90 Å². The summed E-state index contributed by atoms with van der Waals surface area (Å²) in [5.41, 5.74) is 7.02. The van der Waals surface area contributed by atoms with Gasteiger partial charge in [0.25, 0.3) is 5.91 Å². The van der Waals surface area contributed by atoms with Gasteiger partial charge in [0.05, 0.1) is 10.0 Å². The quantitative estimate of drug-likeness (QED) is 0.848. The summed E-state index contributed by atoms with van der Waals surface area (Å²) in [7, 11) is 1.86. The van der Waals surface area contributed by atoms with Crippen molar-refractivity contribution in [2.24, 2.45) is 0 Å². The summed E-state index contributed by atoms with van der Waals surface area (Å²) in [5, 5.41) is 0. The summed E-state index contributed by atoms with van der Waals surface area (Å²) < 4.78 is 0.700. The molecule has 1 saturated carbocycles. The largest absolute Gasteiger partial charge is 0.398 e. The van der Waals surface area contributed by atoms with Gasteiger partial charge in [-0.25, -0.2) is 0 Å². The number of benzene rings is 1. The molecule has 3 nitrogen and oxygen atoms in total. The molecule has 0 aliphatic heterocycles. The number of rotatable bonds is 2. The van der Waals surface area contributed by atoms with Crippen LogP contribution in [0.3, 0.4) is 0 Å². The highest BCUT2D eigenvalue weighted by molar-refractivity contribution is 9.10. The molecule has 2 N–H and O–H groups in total. The highest BCUT2D eigenvalue weighted by atomic mass is 79.9. The van der Waals surface area contributed by atoms with Crippen molar-refractivity contribution in [3.05, 3.63) is 28.2 Å². The van der Waals surface area contributed by atoms with Gasteiger partial charge < -0.3 is 10.6 Å². The van der Waals surface area contributed by atoms with Crippen LogP contribution in [0.25, 0.3) is 0 Å². The molecular formula is C12H15BrN2O. The minimum absolute atomic E-state index is 0.0453. The summed E-state index contributed by atoms with van der Waals surface area (Å²) in [6, 6.07) is 5.80. The van der Waals surface area contributed by atoms with Crippen molar-refractivity contribution in [1.29, 1.82) is 0 Å². The van der Waals surface area contributed by atoms with Crippen molar-refractivity contribution >= 4 is 27.5 Å². The molecule has 0 unspecified atom stereocenters. The maximum absolute atomic E-state index is 12.2. The van der Waals surface area contributed by atoms with Gasteiger partial charge in [-0.05, 0) is 47.3 Å². The minimum Gasteiger partial charge on any atom is -0.398 e. The highest BCUT2D eigenvalue weighted by Gasteiger charge is 2.27. The van der Waals surface area contributed by atoms with Crippen LogP contribution in [0, 0.1) is 0 Å². The summed E-state index contributed by atoms with van der Waals surface area (Å²) in [6.07, 6.45) is 3.45. The average molecular weight is 283 g/mol. The van der Waals surface area contributed by atoms with Gasteiger partial charge in [0, 0.05) is 18.8 Å². The summed E-state index contributed by atoms with van der Waals surface area (Å²) in [4.78, 5) is 14.0. The minimum atomic E-state index is 0.0453. The van der Waals surface area contributed by atoms with Gasteiger partial charge in [0.15, 0.2) is 0 Å². The third kappa shape index (κ3) is 1.94. The Labute approximate surface area is 104 Å². The number of carbonyl (C=O) groups is 1. The van der Waals surface area contributed by atoms with Gasteiger partial charge >= 0.3 is 0 Å². The SMILES string of the molecule is CN(C(=O)c1cccc(N)c1Br)C1CCC1. The number of amides is 1. The molecule has 1 aromatic carbocycles. The fraction of sp³-hybridized carbons (Fsp3) is 0.417. The maximum Gasteiger partial charge on any atom is 0.255 e. The zero-order valence-corrected chi connectivity index (χ0v) is 10.8. The molecule has 0 bridgehead atoms. The summed E-state index contributed by atoms with van der Waals surface area (Å²) in [5.74, 6) is 0.0453. The third-order valence-electron chi connectivity index (χ3n) is 3.20. The third-order valence-corrected chi connectivity index (χ3v) is 4.09. The summed E-state index contributed by atoms with van der Waals surface area (Å²) in [6.45, 7) is 0. The molecule has 1 fully saturated rings. The lowest BCUT2D eigenvalue weighted by atomic mass is 9.91. The Morgan fingerprint density at radius 1 is 1.50 bits per heavy atom. The monoisotopic (exact) mass is 282 g/mol. The molecule has 16 heavy (non-hydrogen) atoms. The van der Waals surface area contributed by atoms with E-state index in [4.69, 9.17) is 5.73 Å². The normalized spacial score (nSPS) is 15.6. The smallest absolute Gasteiger partial charge is 0.255 e. The van der Waals surface area contributed by atoms with Gasteiger partial charge in [-0.2, -0.15) is 0 Å². The molecule has 0 atom stereocenters. The van der Waals surface area contributed by atoms with Crippen molar-refractivity contribution in [3.8, 4) is 0 Å². The van der Waals surface area contributed by atoms with E-state index in [-0.39, 0.29) is 5.91 Å². The molecule has 1 aliphatic carbocycles. The van der Waals surface area contributed by atoms with Gasteiger partial charge in [0.2, 0.25) is 0 Å². The van der Waals surface area contributed by atoms with Crippen LogP contribution in [0.4, 0.5) is 5.69 Å². The molecule has 4 heteroatoms. The van der Waals surface area contributed by atoms with Crippen LogP contribution in [0.2, 0.25) is 0 Å². The lowest BCUT2D eigenvalue weighted by Crippen LogP contribution is -2.41. The van der Waals surface area contributed by atoms with Crippen LogP contribution in [0.1, 0.15) is 29.6 Å². The van der Waals surface area contributed by atoms with E-state index in [2.05, 4.69) is 15.9 Å². The van der Waals surface area contributed by atoms with E-state index in [0.29, 0.717) is 21.8 Å². The molecule has 0 saturated heterocycles. The fourth-order valence-electron chi connectivity index (χ4n) is 1.84. The first-order valence-electron chi connectivity index (χ1n) is 5.42. The maximum atomic E-state index is 12.2. The second-order valence-electron chi connectivity index (χ2n) is 4.21. The number of halogens is 1. The van der Waals surface area contributed by atoms with E-state index in [1.807, 2.05) is 18.0 Å². The van der Waals surface area contributed by atoms with Crippen molar-refractivity contribution < 1.29 is 4.79 Å². The lowest BCUT2D eigenvalue weighted by molar-refractivity contribution is 0.0651. The van der Waals surface area contributed by atoms with E-state index in [0.717, 1.165) is 12.8 Å². The first-order valence-corrected chi connectivity index (χ1v) is 6.21. The highest BCUT2D eigenvalue weighted by Crippen LogP contribution is 2.28. The zero-order valence-electron chi connectivity index (χ0n) is 9.24. The number of hydrogen-bond acceptors (Lipinski definition) is 2. The molecular weight excluding hydrogens is 268 g/mol. The van der Waals surface area contributed by atoms with E-state index < -0.39 is 0 Å². The second-order valence-corrected chi connectivity index (χ2v) is 5.00. The number of anilines is 1. The van der Waals surface area contributed by atoms with Crippen LogP contribution in [0.15, 0.2) is 22.7 Å². The van der Waals surface area contributed by atoms with Crippen LogP contribution >= 0.6 is 15.9 Å². The van der Waals surface area contributed by atoms with E-state index in [1.165, 1.54) is 6.42 Å². The molecule has 0 heterocycles. The molecule has 1 aliphatic rings. The Balaban J connectivity index is 2.22. The standard InChI is InChI=1S/C12H15BrN2O/c1-15(8-4-2-5-8)12(16)9-6-3-7-10(14)11(9)13/h3,6-8H,2,4-5,14H2,1H3. The topological polar surface area (TPSA) is 46.3 Å². The van der Waals surface area contributed by atoms with E-state index >= 15 is 0 Å². The first kappa shape index (κ1) is 11.5. The van der Waals surface area contributed by atoms with Crippen LogP contribution < -0.4 is 5.73 Å². The molecule has 0 aromatic heterocycles. The molecule has 1 aromatic rings. The Morgan fingerprint density at radius 3 is 2.75 bits per heavy atom. The predicted molar refractivity (Wildman–Crippen MR) is 68.3 cm³/mol. The molecule has 0 spiro atoms. The van der Waals surface area contributed by atoms with Gasteiger partial charge in [-0.1, -0.05) is 6.07 Å². The van der Waals surface area contributed by atoms with Gasteiger partial charge in [0.1, 0.15) is 0 Å². The fourth-order valence-corrected chi connectivity index (χ4v) is 2.28. The number of hydrogen-bond donors (Lipinski definition) is 1. The van der Waals surface area contributed by atoms with Crippen LogP contribution in [-0.4, -0.2) is 23.9 Å². The molecule has 0 radical (unpaired) electrons. The number of nitrogen functional groups attached to an aromatic ring is 1. The first-order chi connectivity index (χ1) is 7.61. The molecule has 86 valence electrons. The number of nitrogens with two attached hydrogens (primary N) is 1. The number of nitrogens with zero attached hydrogens (tertiary/aromatic N) is 1. The van der Waals surface area contributed by atoms with E-state index in [1.54, 1.807) is 12.1 Å². The predicted octanol–water partition coefficient (Wildman–Crippen LogP) is 2.66. The van der Waals surface area contributed by atoms with Crippen LogP contribution in [-0.2, 0) is 0 Å². The summed E-state index contributed by atoms with van der Waals surface area (Å²) >= 11 is 3.37. The van der Waals surface area contributed by atoms with Crippen molar-refractivity contribution in [3.63, 3.8) is 0 Å². The van der Waals surface area contributed by atoms with E-state index in [9.17, 15) is 4.79 Å². The Hall–Kier alpha value is -1.03. The second kappa shape index (κ2) is 4.45. The lowest BCUT2D eigenvalue weighted by Gasteiger charge is -2.35. The molecule has 1 amide bonds. The Kier molecular flexibility index (Phi) is 3.19. The average Bonchev–Trinajstić information content (AvgIpc) is 2.18.